The fraction of sp³-hybridized carbons (Fsp3) is 0.933. The van der Waals surface area contributed by atoms with Crippen molar-refractivity contribution in [2.24, 2.45) is 4.99 Å². The summed E-state index contributed by atoms with van der Waals surface area (Å²) in [5, 5.41) is 0. The fourth-order valence-corrected chi connectivity index (χ4v) is 2.08. The lowest BCUT2D eigenvalue weighted by Crippen LogP contribution is -1.97. The van der Waals surface area contributed by atoms with Crippen LogP contribution in [0.25, 0.3) is 0 Å². The molecule has 96 valence electrons. The van der Waals surface area contributed by atoms with Crippen molar-refractivity contribution < 1.29 is 0 Å². The molecule has 0 aliphatic carbocycles. The highest BCUT2D eigenvalue weighted by atomic mass is 14.7. The first-order valence-corrected chi connectivity index (χ1v) is 7.29. The zero-order chi connectivity index (χ0) is 12.1. The van der Waals surface area contributed by atoms with Gasteiger partial charge in [-0.1, -0.05) is 64.7 Å². The SMILES string of the molecule is CC=NC(C)CCCCCCCCCCC. The number of aliphatic imine (C=N–C) groups is 1. The Morgan fingerprint density at radius 3 is 1.88 bits per heavy atom. The molecule has 0 N–H and O–H groups in total. The highest BCUT2D eigenvalue weighted by Gasteiger charge is 1.97. The lowest BCUT2D eigenvalue weighted by atomic mass is 10.1. The van der Waals surface area contributed by atoms with Crippen LogP contribution in [-0.2, 0) is 0 Å². The predicted molar refractivity (Wildman–Crippen MR) is 75.5 cm³/mol. The first kappa shape index (κ1) is 15.7. The van der Waals surface area contributed by atoms with Crippen molar-refractivity contribution in [3.05, 3.63) is 0 Å². The molecule has 0 aromatic heterocycles. The summed E-state index contributed by atoms with van der Waals surface area (Å²) in [5.41, 5.74) is 0. The zero-order valence-corrected chi connectivity index (χ0v) is 11.7. The summed E-state index contributed by atoms with van der Waals surface area (Å²) in [5.74, 6) is 0. The molecule has 1 nitrogen and oxygen atoms in total. The Labute approximate surface area is 103 Å². The lowest BCUT2D eigenvalue weighted by molar-refractivity contribution is 0.538. The first-order valence-electron chi connectivity index (χ1n) is 7.29. The highest BCUT2D eigenvalue weighted by molar-refractivity contribution is 5.53. The van der Waals surface area contributed by atoms with E-state index in [0.717, 1.165) is 0 Å². The van der Waals surface area contributed by atoms with Crippen molar-refractivity contribution in [3.8, 4) is 0 Å². The topological polar surface area (TPSA) is 12.4 Å². The van der Waals surface area contributed by atoms with E-state index < -0.39 is 0 Å². The molecular formula is C15H31N. The smallest absolute Gasteiger partial charge is 0.0467 e. The van der Waals surface area contributed by atoms with Gasteiger partial charge in [0.2, 0.25) is 0 Å². The minimum atomic E-state index is 0.537. The Morgan fingerprint density at radius 2 is 1.38 bits per heavy atom. The molecule has 0 saturated carbocycles. The standard InChI is InChI=1S/C15H31N/c1-4-6-7-8-9-10-11-12-13-14-15(3)16-5-2/h5,15H,4,6-14H2,1-3H3. The van der Waals surface area contributed by atoms with Gasteiger partial charge in [-0.05, 0) is 26.5 Å². The maximum Gasteiger partial charge on any atom is 0.0467 e. The van der Waals surface area contributed by atoms with E-state index in [1.165, 1.54) is 64.2 Å². The minimum Gasteiger partial charge on any atom is -0.295 e. The Balaban J connectivity index is 3.04. The Morgan fingerprint density at radius 1 is 0.875 bits per heavy atom. The predicted octanol–water partition coefficient (Wildman–Crippen LogP) is 5.39. The second kappa shape index (κ2) is 12.7. The third-order valence-electron chi connectivity index (χ3n) is 3.13. The molecule has 1 unspecified atom stereocenters. The van der Waals surface area contributed by atoms with Gasteiger partial charge in [0.05, 0.1) is 0 Å². The van der Waals surface area contributed by atoms with Crippen LogP contribution in [-0.4, -0.2) is 12.3 Å². The summed E-state index contributed by atoms with van der Waals surface area (Å²) >= 11 is 0. The average molecular weight is 225 g/mol. The van der Waals surface area contributed by atoms with Crippen LogP contribution in [0.5, 0.6) is 0 Å². The van der Waals surface area contributed by atoms with Gasteiger partial charge in [-0.2, -0.15) is 0 Å². The summed E-state index contributed by atoms with van der Waals surface area (Å²) in [6, 6.07) is 0.537. The van der Waals surface area contributed by atoms with E-state index in [9.17, 15) is 0 Å². The number of hydrogen-bond donors (Lipinski definition) is 0. The van der Waals surface area contributed by atoms with Crippen LogP contribution >= 0.6 is 0 Å². The van der Waals surface area contributed by atoms with Crippen LogP contribution in [0.2, 0.25) is 0 Å². The molecule has 0 fully saturated rings. The van der Waals surface area contributed by atoms with Crippen LogP contribution in [0.3, 0.4) is 0 Å². The molecule has 0 bridgehead atoms. The monoisotopic (exact) mass is 225 g/mol. The second-order valence-electron chi connectivity index (χ2n) is 4.87. The quantitative estimate of drug-likeness (QED) is 0.330. The lowest BCUT2D eigenvalue weighted by Gasteiger charge is -2.05. The van der Waals surface area contributed by atoms with Crippen molar-refractivity contribution in [2.45, 2.75) is 91.0 Å². The van der Waals surface area contributed by atoms with Crippen LogP contribution < -0.4 is 0 Å². The highest BCUT2D eigenvalue weighted by Crippen LogP contribution is 2.11. The number of nitrogens with zero attached hydrogens (tertiary/aromatic N) is 1. The molecule has 0 aromatic rings. The third-order valence-corrected chi connectivity index (χ3v) is 3.13. The van der Waals surface area contributed by atoms with E-state index >= 15 is 0 Å². The van der Waals surface area contributed by atoms with Crippen molar-refractivity contribution in [1.29, 1.82) is 0 Å². The van der Waals surface area contributed by atoms with Crippen molar-refractivity contribution >= 4 is 6.21 Å². The molecule has 0 aliphatic heterocycles. The van der Waals surface area contributed by atoms with Crippen LogP contribution in [0.4, 0.5) is 0 Å². The van der Waals surface area contributed by atoms with E-state index in [0.29, 0.717) is 6.04 Å². The molecule has 0 aromatic carbocycles. The molecule has 0 radical (unpaired) electrons. The molecule has 1 heteroatoms. The number of hydrogen-bond acceptors (Lipinski definition) is 1. The van der Waals surface area contributed by atoms with Gasteiger partial charge in [-0.3, -0.25) is 4.99 Å². The van der Waals surface area contributed by atoms with Gasteiger partial charge in [0, 0.05) is 6.04 Å². The summed E-state index contributed by atoms with van der Waals surface area (Å²) in [6.07, 6.45) is 15.9. The van der Waals surface area contributed by atoms with Gasteiger partial charge in [-0.15, -0.1) is 0 Å². The maximum atomic E-state index is 4.37. The van der Waals surface area contributed by atoms with Crippen LogP contribution in [0.1, 0.15) is 85.0 Å². The Hall–Kier alpha value is -0.330. The summed E-state index contributed by atoms with van der Waals surface area (Å²) in [4.78, 5) is 4.37. The molecular weight excluding hydrogens is 194 g/mol. The molecule has 0 rings (SSSR count). The van der Waals surface area contributed by atoms with E-state index in [1.807, 2.05) is 13.1 Å². The summed E-state index contributed by atoms with van der Waals surface area (Å²) in [7, 11) is 0. The Kier molecular flexibility index (Phi) is 12.5. The molecule has 0 amide bonds. The van der Waals surface area contributed by atoms with E-state index in [-0.39, 0.29) is 0 Å². The summed E-state index contributed by atoms with van der Waals surface area (Å²) < 4.78 is 0. The van der Waals surface area contributed by atoms with Gasteiger partial charge in [-0.25, -0.2) is 0 Å². The van der Waals surface area contributed by atoms with Crippen molar-refractivity contribution in [3.63, 3.8) is 0 Å². The van der Waals surface area contributed by atoms with Gasteiger partial charge < -0.3 is 0 Å². The largest absolute Gasteiger partial charge is 0.295 e. The van der Waals surface area contributed by atoms with Gasteiger partial charge in [0.15, 0.2) is 0 Å². The molecule has 0 heterocycles. The van der Waals surface area contributed by atoms with Gasteiger partial charge in [0.1, 0.15) is 0 Å². The molecule has 0 aliphatic rings. The van der Waals surface area contributed by atoms with E-state index in [2.05, 4.69) is 18.8 Å². The molecule has 1 atom stereocenters. The van der Waals surface area contributed by atoms with Crippen LogP contribution in [0, 0.1) is 0 Å². The average Bonchev–Trinajstić information content (AvgIpc) is 2.27. The third kappa shape index (κ3) is 11.7. The Bertz CT molecular complexity index is 152. The first-order chi connectivity index (χ1) is 7.81. The molecule has 16 heavy (non-hydrogen) atoms. The summed E-state index contributed by atoms with van der Waals surface area (Å²) in [6.45, 7) is 6.50. The molecule has 0 spiro atoms. The fourth-order valence-electron chi connectivity index (χ4n) is 2.08. The van der Waals surface area contributed by atoms with Crippen molar-refractivity contribution in [2.75, 3.05) is 0 Å². The minimum absolute atomic E-state index is 0.537. The number of rotatable bonds is 11. The second-order valence-corrected chi connectivity index (χ2v) is 4.87. The van der Waals surface area contributed by atoms with E-state index in [4.69, 9.17) is 0 Å². The van der Waals surface area contributed by atoms with Crippen molar-refractivity contribution in [1.82, 2.24) is 0 Å². The maximum absolute atomic E-state index is 4.37. The van der Waals surface area contributed by atoms with E-state index in [1.54, 1.807) is 0 Å². The van der Waals surface area contributed by atoms with Gasteiger partial charge in [0.25, 0.3) is 0 Å². The number of unbranched alkanes of at least 4 members (excludes halogenated alkanes) is 8. The van der Waals surface area contributed by atoms with Gasteiger partial charge >= 0.3 is 0 Å². The van der Waals surface area contributed by atoms with Crippen LogP contribution in [0.15, 0.2) is 4.99 Å². The molecule has 0 saturated heterocycles. The zero-order valence-electron chi connectivity index (χ0n) is 11.7. The normalized spacial score (nSPS) is 13.4.